The molecule has 11 nitrogen and oxygen atoms in total. The number of carbonyl (C=O) groups is 2. The summed E-state index contributed by atoms with van der Waals surface area (Å²) in [6.45, 7) is 6.93. The summed E-state index contributed by atoms with van der Waals surface area (Å²) in [5.41, 5.74) is 6.52. The average Bonchev–Trinajstić information content (AvgIpc) is 3.33. The third-order valence-electron chi connectivity index (χ3n) is 5.15. The van der Waals surface area contributed by atoms with Crippen LogP contribution in [0.4, 0.5) is 28.7 Å². The van der Waals surface area contributed by atoms with Crippen LogP contribution in [0.3, 0.4) is 0 Å². The molecule has 35 heavy (non-hydrogen) atoms. The van der Waals surface area contributed by atoms with Gasteiger partial charge in [0.15, 0.2) is 5.13 Å². The first-order chi connectivity index (χ1) is 16.9. The van der Waals surface area contributed by atoms with Crippen LogP contribution in [0.5, 0.6) is 0 Å². The normalized spacial score (nSPS) is 13.1. The minimum Gasteiger partial charge on any atom is -0.341 e. The molecule has 3 aromatic rings. The fourth-order valence-electron chi connectivity index (χ4n) is 3.38. The topological polar surface area (TPSA) is 137 Å². The third-order valence-corrected chi connectivity index (χ3v) is 6.38. The van der Waals surface area contributed by atoms with Gasteiger partial charge in [0.05, 0.1) is 16.9 Å². The molecule has 4 rings (SSSR count). The molecule has 2 amide bonds. The number of aromatic nitrogens is 4. The van der Waals surface area contributed by atoms with Gasteiger partial charge >= 0.3 is 0 Å². The van der Waals surface area contributed by atoms with Crippen molar-refractivity contribution < 1.29 is 9.59 Å². The summed E-state index contributed by atoms with van der Waals surface area (Å²) >= 11 is 7.36. The van der Waals surface area contributed by atoms with Crippen molar-refractivity contribution in [3.8, 4) is 0 Å². The summed E-state index contributed by atoms with van der Waals surface area (Å²) in [6, 6.07) is 5.40. The van der Waals surface area contributed by atoms with Crippen LogP contribution >= 0.6 is 22.9 Å². The monoisotopic (exact) mass is 513 g/mol. The molecule has 0 saturated carbocycles. The molecule has 0 atom stereocenters. The molecule has 4 N–H and O–H groups in total. The molecule has 1 saturated heterocycles. The van der Waals surface area contributed by atoms with Gasteiger partial charge in [0.25, 0.3) is 11.8 Å². The Morgan fingerprint density at radius 3 is 2.66 bits per heavy atom. The summed E-state index contributed by atoms with van der Waals surface area (Å²) in [7, 11) is 0. The molecule has 1 aromatic carbocycles. The van der Waals surface area contributed by atoms with Crippen LogP contribution in [0.1, 0.15) is 34.5 Å². The average molecular weight is 514 g/mol. The fourth-order valence-corrected chi connectivity index (χ4v) is 4.35. The van der Waals surface area contributed by atoms with Gasteiger partial charge in [-0.25, -0.2) is 4.98 Å². The minimum absolute atomic E-state index is 0.155. The zero-order chi connectivity index (χ0) is 24.8. The summed E-state index contributed by atoms with van der Waals surface area (Å²) in [5, 5.41) is 6.74. The third kappa shape index (κ3) is 6.22. The van der Waals surface area contributed by atoms with E-state index in [4.69, 9.17) is 11.6 Å². The Hall–Kier alpha value is -3.77. The highest BCUT2D eigenvalue weighted by Crippen LogP contribution is 2.28. The molecule has 3 heterocycles. The second-order valence-corrected chi connectivity index (χ2v) is 9.13. The molecule has 0 spiro atoms. The number of anilines is 5. The van der Waals surface area contributed by atoms with Gasteiger partial charge in [0, 0.05) is 13.1 Å². The van der Waals surface area contributed by atoms with Gasteiger partial charge in [0.2, 0.25) is 17.8 Å². The van der Waals surface area contributed by atoms with Crippen LogP contribution in [-0.4, -0.2) is 44.8 Å². The number of benzene rings is 1. The van der Waals surface area contributed by atoms with Gasteiger partial charge in [-0.2, -0.15) is 15.0 Å². The van der Waals surface area contributed by atoms with Gasteiger partial charge in [-0.05, 0) is 43.9 Å². The SMILES string of the molecule is C=CC(=O)NNc1nc(Nc2ncc(C(=O)Nc3c(C)cccc3Cl)s2)nc(N2CCCCC2)n1. The number of hydrogen-bond donors (Lipinski definition) is 4. The van der Waals surface area contributed by atoms with Gasteiger partial charge in [-0.15, -0.1) is 0 Å². The lowest BCUT2D eigenvalue weighted by molar-refractivity contribution is -0.116. The smallest absolute Gasteiger partial charge is 0.267 e. The lowest BCUT2D eigenvalue weighted by Crippen LogP contribution is -2.33. The molecule has 182 valence electrons. The van der Waals surface area contributed by atoms with E-state index in [1.807, 2.05) is 19.1 Å². The van der Waals surface area contributed by atoms with E-state index < -0.39 is 5.91 Å². The van der Waals surface area contributed by atoms with Crippen molar-refractivity contribution in [2.24, 2.45) is 0 Å². The van der Waals surface area contributed by atoms with Crippen molar-refractivity contribution in [3.05, 3.63) is 52.5 Å². The number of nitrogens with zero attached hydrogens (tertiary/aromatic N) is 5. The number of aryl methyl sites for hydroxylation is 1. The standard InChI is InChI=1S/C22H24ClN9O2S/c1-3-16(33)30-31-20-26-19(27-21(28-20)32-10-5-4-6-11-32)29-22-24-12-15(35-22)18(34)25-17-13(2)8-7-9-14(17)23/h3,7-9,12H,1,4-6,10-11H2,2H3,(H,25,34)(H,30,33)(H2,24,26,27,28,29,31). The van der Waals surface area contributed by atoms with Gasteiger partial charge in [0.1, 0.15) is 4.88 Å². The number of amides is 2. The van der Waals surface area contributed by atoms with E-state index in [0.29, 0.717) is 26.7 Å². The van der Waals surface area contributed by atoms with Crippen molar-refractivity contribution >= 4 is 63.4 Å². The van der Waals surface area contributed by atoms with E-state index in [9.17, 15) is 9.59 Å². The number of rotatable bonds is 8. The van der Waals surface area contributed by atoms with Gasteiger partial charge in [-0.3, -0.25) is 25.8 Å². The zero-order valence-electron chi connectivity index (χ0n) is 19.0. The number of piperidine rings is 1. The Morgan fingerprint density at radius 1 is 1.14 bits per heavy atom. The number of para-hydroxylation sites is 1. The Balaban J connectivity index is 1.52. The van der Waals surface area contributed by atoms with Crippen molar-refractivity contribution in [1.29, 1.82) is 0 Å². The van der Waals surface area contributed by atoms with E-state index in [-0.39, 0.29) is 17.8 Å². The quantitative estimate of drug-likeness (QED) is 0.261. The fraction of sp³-hybridized carbons (Fsp3) is 0.273. The van der Waals surface area contributed by atoms with Crippen LogP contribution in [0, 0.1) is 6.92 Å². The maximum absolute atomic E-state index is 12.7. The second kappa shape index (κ2) is 11.1. The molecule has 0 bridgehead atoms. The van der Waals surface area contributed by atoms with E-state index >= 15 is 0 Å². The highest BCUT2D eigenvalue weighted by Gasteiger charge is 2.18. The lowest BCUT2D eigenvalue weighted by Gasteiger charge is -2.26. The summed E-state index contributed by atoms with van der Waals surface area (Å²) in [4.78, 5) is 44.2. The molecule has 1 aliphatic rings. The van der Waals surface area contributed by atoms with Crippen LogP contribution in [0.25, 0.3) is 0 Å². The molecule has 0 aliphatic carbocycles. The van der Waals surface area contributed by atoms with Crippen LogP contribution < -0.4 is 26.4 Å². The number of nitrogens with one attached hydrogen (secondary N) is 4. The van der Waals surface area contributed by atoms with Gasteiger partial charge in [-0.1, -0.05) is 41.6 Å². The highest BCUT2D eigenvalue weighted by molar-refractivity contribution is 7.17. The number of hydrazine groups is 1. The van der Waals surface area contributed by atoms with Crippen molar-refractivity contribution in [2.75, 3.05) is 34.0 Å². The zero-order valence-corrected chi connectivity index (χ0v) is 20.5. The number of carbonyl (C=O) groups excluding carboxylic acids is 2. The Bertz CT molecular complexity index is 1220. The molecule has 2 aromatic heterocycles. The summed E-state index contributed by atoms with van der Waals surface area (Å²) in [6.07, 6.45) is 5.83. The van der Waals surface area contributed by atoms with E-state index in [2.05, 4.69) is 52.9 Å². The van der Waals surface area contributed by atoms with Crippen LogP contribution in [0.2, 0.25) is 5.02 Å². The predicted octanol–water partition coefficient (Wildman–Crippen LogP) is 3.91. The molecular formula is C22H24ClN9O2S. The largest absolute Gasteiger partial charge is 0.341 e. The highest BCUT2D eigenvalue weighted by atomic mass is 35.5. The first-order valence-electron chi connectivity index (χ1n) is 10.9. The van der Waals surface area contributed by atoms with Crippen molar-refractivity contribution in [2.45, 2.75) is 26.2 Å². The van der Waals surface area contributed by atoms with Crippen molar-refractivity contribution in [1.82, 2.24) is 25.4 Å². The molecule has 13 heteroatoms. The molecule has 1 fully saturated rings. The van der Waals surface area contributed by atoms with Crippen molar-refractivity contribution in [3.63, 3.8) is 0 Å². The van der Waals surface area contributed by atoms with Gasteiger partial charge < -0.3 is 10.2 Å². The Morgan fingerprint density at radius 2 is 1.91 bits per heavy atom. The lowest BCUT2D eigenvalue weighted by atomic mass is 10.1. The first-order valence-corrected chi connectivity index (χ1v) is 12.1. The summed E-state index contributed by atoms with van der Waals surface area (Å²) < 4.78 is 0. The Kier molecular flexibility index (Phi) is 7.73. The predicted molar refractivity (Wildman–Crippen MR) is 137 cm³/mol. The number of thiazole rings is 1. The molecule has 0 unspecified atom stereocenters. The van der Waals surface area contributed by atoms with Crippen LogP contribution in [0.15, 0.2) is 37.1 Å². The Labute approximate surface area is 211 Å². The maximum Gasteiger partial charge on any atom is 0.267 e. The van der Waals surface area contributed by atoms with E-state index in [1.165, 1.54) is 6.20 Å². The van der Waals surface area contributed by atoms with E-state index in [0.717, 1.165) is 55.3 Å². The van der Waals surface area contributed by atoms with E-state index in [1.54, 1.807) is 6.07 Å². The number of hydrogen-bond acceptors (Lipinski definition) is 10. The molecule has 1 aliphatic heterocycles. The minimum atomic E-state index is -0.427. The summed E-state index contributed by atoms with van der Waals surface area (Å²) in [5.74, 6) is 0.0946. The van der Waals surface area contributed by atoms with Crippen LogP contribution in [-0.2, 0) is 4.79 Å². The molecule has 0 radical (unpaired) electrons. The molecular weight excluding hydrogens is 490 g/mol. The first kappa shape index (κ1) is 24.4. The maximum atomic E-state index is 12.7. The number of halogens is 1. The second-order valence-electron chi connectivity index (χ2n) is 7.69.